The Balaban J connectivity index is 1.85. The predicted molar refractivity (Wildman–Crippen MR) is 69.6 cm³/mol. The summed E-state index contributed by atoms with van der Waals surface area (Å²) in [6.07, 6.45) is 5.72. The highest BCUT2D eigenvalue weighted by Gasteiger charge is 2.15. The highest BCUT2D eigenvalue weighted by atomic mass is 14.9. The van der Waals surface area contributed by atoms with Crippen LogP contribution in [0.25, 0.3) is 0 Å². The molecule has 0 aromatic heterocycles. The molecule has 0 aliphatic heterocycles. The van der Waals surface area contributed by atoms with E-state index in [-0.39, 0.29) is 0 Å². The predicted octanol–water partition coefficient (Wildman–Crippen LogP) is 3.84. The van der Waals surface area contributed by atoms with Crippen LogP contribution in [-0.2, 0) is 0 Å². The van der Waals surface area contributed by atoms with Crippen molar-refractivity contribution in [3.63, 3.8) is 0 Å². The van der Waals surface area contributed by atoms with E-state index in [1.807, 2.05) is 0 Å². The highest BCUT2D eigenvalue weighted by molar-refractivity contribution is 5.24. The van der Waals surface area contributed by atoms with E-state index in [0.29, 0.717) is 6.04 Å². The second-order valence-corrected chi connectivity index (χ2v) is 5.19. The summed E-state index contributed by atoms with van der Waals surface area (Å²) >= 11 is 0. The molecule has 1 atom stereocenters. The van der Waals surface area contributed by atoms with Crippen LogP contribution in [0.5, 0.6) is 0 Å². The van der Waals surface area contributed by atoms with Gasteiger partial charge in [0.25, 0.3) is 0 Å². The Morgan fingerprint density at radius 1 is 1.31 bits per heavy atom. The van der Waals surface area contributed by atoms with Gasteiger partial charge < -0.3 is 5.32 Å². The van der Waals surface area contributed by atoms with Gasteiger partial charge in [-0.25, -0.2) is 0 Å². The fraction of sp³-hybridized carbons (Fsp3) is 0.600. The SMILES string of the molecule is Cc1cccc(C(C)NCC2CCCC2)c1. The molecule has 0 amide bonds. The Bertz CT molecular complexity index is 326. The first-order valence-electron chi connectivity index (χ1n) is 6.55. The first-order valence-corrected chi connectivity index (χ1v) is 6.55. The normalized spacial score (nSPS) is 18.9. The Kier molecular flexibility index (Phi) is 4.00. The maximum Gasteiger partial charge on any atom is 0.0292 e. The van der Waals surface area contributed by atoms with Crippen LogP contribution in [0, 0.1) is 12.8 Å². The summed E-state index contributed by atoms with van der Waals surface area (Å²) in [5.74, 6) is 0.923. The van der Waals surface area contributed by atoms with E-state index in [2.05, 4.69) is 43.4 Å². The molecule has 1 aromatic rings. The smallest absolute Gasteiger partial charge is 0.0292 e. The molecule has 1 aliphatic carbocycles. The minimum absolute atomic E-state index is 0.487. The van der Waals surface area contributed by atoms with Crippen LogP contribution >= 0.6 is 0 Å². The van der Waals surface area contributed by atoms with Crippen LogP contribution in [0.1, 0.15) is 49.8 Å². The number of hydrogen-bond acceptors (Lipinski definition) is 1. The molecular weight excluding hydrogens is 194 g/mol. The molecule has 0 spiro atoms. The summed E-state index contributed by atoms with van der Waals surface area (Å²) < 4.78 is 0. The lowest BCUT2D eigenvalue weighted by molar-refractivity contribution is 0.452. The zero-order valence-electron chi connectivity index (χ0n) is 10.5. The van der Waals surface area contributed by atoms with E-state index in [9.17, 15) is 0 Å². The van der Waals surface area contributed by atoms with Crippen LogP contribution in [0.3, 0.4) is 0 Å². The van der Waals surface area contributed by atoms with E-state index >= 15 is 0 Å². The minimum Gasteiger partial charge on any atom is -0.310 e. The highest BCUT2D eigenvalue weighted by Crippen LogP contribution is 2.24. The van der Waals surface area contributed by atoms with Gasteiger partial charge in [-0.1, -0.05) is 42.7 Å². The number of nitrogens with one attached hydrogen (secondary N) is 1. The van der Waals surface area contributed by atoms with Crippen LogP contribution < -0.4 is 5.32 Å². The third-order valence-electron chi connectivity index (χ3n) is 3.73. The van der Waals surface area contributed by atoms with Crippen molar-refractivity contribution in [3.05, 3.63) is 35.4 Å². The minimum atomic E-state index is 0.487. The monoisotopic (exact) mass is 217 g/mol. The van der Waals surface area contributed by atoms with Gasteiger partial charge in [0.1, 0.15) is 0 Å². The second-order valence-electron chi connectivity index (χ2n) is 5.19. The van der Waals surface area contributed by atoms with E-state index in [4.69, 9.17) is 0 Å². The molecule has 1 saturated carbocycles. The van der Waals surface area contributed by atoms with Gasteiger partial charge >= 0.3 is 0 Å². The molecule has 0 radical (unpaired) electrons. The maximum atomic E-state index is 3.67. The van der Waals surface area contributed by atoms with Crippen molar-refractivity contribution in [2.75, 3.05) is 6.54 Å². The van der Waals surface area contributed by atoms with Gasteiger partial charge in [-0.15, -0.1) is 0 Å². The number of benzene rings is 1. The van der Waals surface area contributed by atoms with Gasteiger partial charge in [0.15, 0.2) is 0 Å². The average molecular weight is 217 g/mol. The topological polar surface area (TPSA) is 12.0 Å². The largest absolute Gasteiger partial charge is 0.310 e. The van der Waals surface area contributed by atoms with Crippen molar-refractivity contribution < 1.29 is 0 Å². The molecule has 1 aliphatic rings. The van der Waals surface area contributed by atoms with Crippen LogP contribution in [0.15, 0.2) is 24.3 Å². The third kappa shape index (κ3) is 3.08. The average Bonchev–Trinajstić information content (AvgIpc) is 2.78. The van der Waals surface area contributed by atoms with Crippen molar-refractivity contribution in [1.82, 2.24) is 5.32 Å². The van der Waals surface area contributed by atoms with E-state index < -0.39 is 0 Å². The fourth-order valence-corrected chi connectivity index (χ4v) is 2.62. The molecule has 1 N–H and O–H groups in total. The zero-order chi connectivity index (χ0) is 11.4. The Hall–Kier alpha value is -0.820. The first-order chi connectivity index (χ1) is 7.75. The molecule has 2 rings (SSSR count). The summed E-state index contributed by atoms with van der Waals surface area (Å²) in [7, 11) is 0. The van der Waals surface area contributed by atoms with Gasteiger partial charge in [-0.2, -0.15) is 0 Å². The standard InChI is InChI=1S/C15H23N/c1-12-6-5-9-15(10-12)13(2)16-11-14-7-3-4-8-14/h5-6,9-10,13-14,16H,3-4,7-8,11H2,1-2H3. The molecule has 1 heteroatoms. The lowest BCUT2D eigenvalue weighted by Crippen LogP contribution is -2.24. The van der Waals surface area contributed by atoms with E-state index in [0.717, 1.165) is 5.92 Å². The lowest BCUT2D eigenvalue weighted by atomic mass is 10.0. The molecule has 0 saturated heterocycles. The molecule has 88 valence electrons. The third-order valence-corrected chi connectivity index (χ3v) is 3.73. The summed E-state index contributed by atoms with van der Waals surface area (Å²) in [5.41, 5.74) is 2.77. The molecule has 1 fully saturated rings. The van der Waals surface area contributed by atoms with Gasteiger partial charge in [-0.05, 0) is 44.7 Å². The summed E-state index contributed by atoms with van der Waals surface area (Å²) in [4.78, 5) is 0. The molecule has 1 unspecified atom stereocenters. The number of rotatable bonds is 4. The van der Waals surface area contributed by atoms with Crippen LogP contribution in [0.2, 0.25) is 0 Å². The second kappa shape index (κ2) is 5.49. The maximum absolute atomic E-state index is 3.67. The number of aryl methyl sites for hydroxylation is 1. The van der Waals surface area contributed by atoms with Gasteiger partial charge in [-0.3, -0.25) is 0 Å². The van der Waals surface area contributed by atoms with Crippen LogP contribution in [-0.4, -0.2) is 6.54 Å². The van der Waals surface area contributed by atoms with Gasteiger partial charge in [0.2, 0.25) is 0 Å². The lowest BCUT2D eigenvalue weighted by Gasteiger charge is -2.17. The molecule has 0 heterocycles. The molecule has 0 bridgehead atoms. The molecule has 1 aromatic carbocycles. The van der Waals surface area contributed by atoms with Crippen molar-refractivity contribution in [2.45, 2.75) is 45.6 Å². The molecule has 16 heavy (non-hydrogen) atoms. The fourth-order valence-electron chi connectivity index (χ4n) is 2.62. The first kappa shape index (κ1) is 11.7. The summed E-state index contributed by atoms with van der Waals surface area (Å²) in [6, 6.07) is 9.30. The zero-order valence-corrected chi connectivity index (χ0v) is 10.5. The number of hydrogen-bond donors (Lipinski definition) is 1. The quantitative estimate of drug-likeness (QED) is 0.808. The van der Waals surface area contributed by atoms with E-state index in [1.165, 1.54) is 43.4 Å². The Labute approximate surface area is 99.3 Å². The summed E-state index contributed by atoms with van der Waals surface area (Å²) in [6.45, 7) is 5.62. The molecule has 1 nitrogen and oxygen atoms in total. The van der Waals surface area contributed by atoms with Gasteiger partial charge in [0, 0.05) is 6.04 Å². The summed E-state index contributed by atoms with van der Waals surface area (Å²) in [5, 5.41) is 3.67. The van der Waals surface area contributed by atoms with Crippen molar-refractivity contribution in [3.8, 4) is 0 Å². The molecular formula is C15H23N. The Morgan fingerprint density at radius 2 is 2.06 bits per heavy atom. The van der Waals surface area contributed by atoms with Crippen molar-refractivity contribution in [2.24, 2.45) is 5.92 Å². The van der Waals surface area contributed by atoms with Crippen LogP contribution in [0.4, 0.5) is 0 Å². The van der Waals surface area contributed by atoms with Gasteiger partial charge in [0.05, 0.1) is 0 Å². The van der Waals surface area contributed by atoms with Crippen molar-refractivity contribution in [1.29, 1.82) is 0 Å². The Morgan fingerprint density at radius 3 is 2.75 bits per heavy atom. The van der Waals surface area contributed by atoms with Crippen molar-refractivity contribution >= 4 is 0 Å². The van der Waals surface area contributed by atoms with E-state index in [1.54, 1.807) is 0 Å².